The van der Waals surface area contributed by atoms with Crippen molar-refractivity contribution in [2.45, 2.75) is 11.4 Å². The normalized spacial score (nSPS) is 11.3. The molecule has 1 aromatic heterocycles. The zero-order valence-electron chi connectivity index (χ0n) is 14.7. The van der Waals surface area contributed by atoms with Gasteiger partial charge in [0.2, 0.25) is 10.0 Å². The van der Waals surface area contributed by atoms with Crippen molar-refractivity contribution >= 4 is 10.0 Å². The Bertz CT molecular complexity index is 1060. The molecule has 1 N–H and O–H groups in total. The summed E-state index contributed by atoms with van der Waals surface area (Å²) >= 11 is 0. The van der Waals surface area contributed by atoms with E-state index < -0.39 is 10.0 Å². The molecule has 3 aromatic rings. The van der Waals surface area contributed by atoms with E-state index in [4.69, 9.17) is 4.74 Å². The molecular weight excluding hydrogens is 366 g/mol. The van der Waals surface area contributed by atoms with Crippen molar-refractivity contribution in [3.05, 3.63) is 77.1 Å². The molecule has 27 heavy (non-hydrogen) atoms. The van der Waals surface area contributed by atoms with Crippen molar-refractivity contribution in [1.82, 2.24) is 14.5 Å². The first-order valence-electron chi connectivity index (χ1n) is 8.27. The van der Waals surface area contributed by atoms with Crippen LogP contribution in [-0.2, 0) is 16.6 Å². The van der Waals surface area contributed by atoms with Gasteiger partial charge in [0.05, 0.1) is 24.2 Å². The van der Waals surface area contributed by atoms with E-state index in [0.29, 0.717) is 11.4 Å². The topological polar surface area (TPSA) is 90.3 Å². The fraction of sp³-hybridized carbons (Fsp3) is 0.158. The number of benzene rings is 2. The van der Waals surface area contributed by atoms with Crippen LogP contribution in [0.4, 0.5) is 0 Å². The van der Waals surface area contributed by atoms with E-state index in [2.05, 4.69) is 9.82 Å². The molecule has 0 fully saturated rings. The summed E-state index contributed by atoms with van der Waals surface area (Å²) in [5.74, 6) is 0.572. The second kappa shape index (κ2) is 8.15. The monoisotopic (exact) mass is 385 g/mol. The molecule has 0 bridgehead atoms. The number of ether oxygens (including phenoxy) is 1. The summed E-state index contributed by atoms with van der Waals surface area (Å²) in [6, 6.07) is 18.6. The van der Waals surface area contributed by atoms with Gasteiger partial charge in [0.15, 0.2) is 0 Å². The third kappa shape index (κ3) is 4.60. The van der Waals surface area contributed by atoms with E-state index in [1.807, 2.05) is 30.3 Å². The lowest BCUT2D eigenvalue weighted by Crippen LogP contribution is -2.32. The maximum Gasteiger partial charge on any atom is 0.266 e. The second-order valence-corrected chi connectivity index (χ2v) is 7.49. The lowest BCUT2D eigenvalue weighted by atomic mass is 10.1. The summed E-state index contributed by atoms with van der Waals surface area (Å²) in [4.78, 5) is 12.1. The minimum atomic E-state index is -3.68. The van der Waals surface area contributed by atoms with E-state index in [1.54, 1.807) is 18.2 Å². The Balaban J connectivity index is 1.70. The summed E-state index contributed by atoms with van der Waals surface area (Å²) in [6.07, 6.45) is 0. The Morgan fingerprint density at radius 1 is 1.00 bits per heavy atom. The van der Waals surface area contributed by atoms with Gasteiger partial charge in [-0.1, -0.05) is 30.3 Å². The van der Waals surface area contributed by atoms with Crippen LogP contribution in [0.25, 0.3) is 11.3 Å². The molecule has 0 unspecified atom stereocenters. The molecule has 0 radical (unpaired) electrons. The smallest absolute Gasteiger partial charge is 0.266 e. The summed E-state index contributed by atoms with van der Waals surface area (Å²) in [6.45, 7) is 0.161. The zero-order chi connectivity index (χ0) is 19.3. The average molecular weight is 385 g/mol. The molecule has 0 saturated heterocycles. The van der Waals surface area contributed by atoms with Crippen LogP contribution in [0, 0.1) is 0 Å². The number of rotatable bonds is 7. The van der Waals surface area contributed by atoms with E-state index in [1.165, 1.54) is 30.0 Å². The van der Waals surface area contributed by atoms with Gasteiger partial charge in [0, 0.05) is 18.2 Å². The maximum atomic E-state index is 12.3. The molecule has 1 heterocycles. The Morgan fingerprint density at radius 2 is 1.70 bits per heavy atom. The van der Waals surface area contributed by atoms with Crippen molar-refractivity contribution in [2.24, 2.45) is 0 Å². The van der Waals surface area contributed by atoms with Crippen LogP contribution >= 0.6 is 0 Å². The predicted octanol–water partition coefficient (Wildman–Crippen LogP) is 1.90. The van der Waals surface area contributed by atoms with Gasteiger partial charge in [-0.15, -0.1) is 0 Å². The fourth-order valence-corrected chi connectivity index (χ4v) is 3.52. The number of methoxy groups -OCH3 is 1. The number of nitrogens with zero attached hydrogens (tertiary/aromatic N) is 2. The lowest BCUT2D eigenvalue weighted by molar-refractivity contribution is 0.414. The first-order valence-corrected chi connectivity index (χ1v) is 9.75. The van der Waals surface area contributed by atoms with Crippen LogP contribution in [0.15, 0.2) is 76.4 Å². The fourth-order valence-electron chi connectivity index (χ4n) is 2.50. The van der Waals surface area contributed by atoms with Crippen LogP contribution < -0.4 is 15.0 Å². The van der Waals surface area contributed by atoms with Crippen LogP contribution in [0.3, 0.4) is 0 Å². The van der Waals surface area contributed by atoms with Crippen molar-refractivity contribution in [3.8, 4) is 17.0 Å². The van der Waals surface area contributed by atoms with Gasteiger partial charge >= 0.3 is 0 Å². The van der Waals surface area contributed by atoms with Crippen molar-refractivity contribution in [2.75, 3.05) is 13.7 Å². The molecular formula is C19H19N3O4S. The first-order chi connectivity index (χ1) is 13.0. The molecule has 0 atom stereocenters. The summed E-state index contributed by atoms with van der Waals surface area (Å²) in [5, 5.41) is 4.31. The maximum absolute atomic E-state index is 12.3. The highest BCUT2D eigenvalue weighted by atomic mass is 32.2. The molecule has 8 heteroatoms. The average Bonchev–Trinajstić information content (AvgIpc) is 2.70. The minimum absolute atomic E-state index is 0.0412. The van der Waals surface area contributed by atoms with Gasteiger partial charge in [-0.2, -0.15) is 5.10 Å². The Hall–Kier alpha value is -2.97. The summed E-state index contributed by atoms with van der Waals surface area (Å²) in [7, 11) is -2.17. The summed E-state index contributed by atoms with van der Waals surface area (Å²) in [5.41, 5.74) is 1.23. The first kappa shape index (κ1) is 18.8. The van der Waals surface area contributed by atoms with Crippen LogP contribution in [-0.4, -0.2) is 31.9 Å². The van der Waals surface area contributed by atoms with Crippen molar-refractivity contribution < 1.29 is 13.2 Å². The van der Waals surface area contributed by atoms with Gasteiger partial charge in [-0.25, -0.2) is 17.8 Å². The van der Waals surface area contributed by atoms with Crippen LogP contribution in [0.1, 0.15) is 0 Å². The molecule has 0 aliphatic carbocycles. The van der Waals surface area contributed by atoms with E-state index in [0.717, 1.165) is 5.56 Å². The Kier molecular flexibility index (Phi) is 5.68. The van der Waals surface area contributed by atoms with Gasteiger partial charge in [0.25, 0.3) is 5.56 Å². The van der Waals surface area contributed by atoms with Crippen molar-refractivity contribution in [1.29, 1.82) is 0 Å². The third-order valence-electron chi connectivity index (χ3n) is 3.92. The van der Waals surface area contributed by atoms with E-state index >= 15 is 0 Å². The van der Waals surface area contributed by atoms with E-state index in [9.17, 15) is 13.2 Å². The zero-order valence-corrected chi connectivity index (χ0v) is 15.5. The largest absolute Gasteiger partial charge is 0.497 e. The molecule has 0 saturated carbocycles. The SMILES string of the molecule is COc1ccc(S(=O)(=O)NCCn2nc(-c3ccccc3)ccc2=O)cc1. The van der Waals surface area contributed by atoms with Gasteiger partial charge in [0.1, 0.15) is 5.75 Å². The molecule has 7 nitrogen and oxygen atoms in total. The van der Waals surface area contributed by atoms with Crippen LogP contribution in [0.5, 0.6) is 5.75 Å². The molecule has 0 aliphatic heterocycles. The molecule has 0 aliphatic rings. The van der Waals surface area contributed by atoms with Gasteiger partial charge in [-0.3, -0.25) is 4.79 Å². The number of hydrogen-bond donors (Lipinski definition) is 1. The number of nitrogens with one attached hydrogen (secondary N) is 1. The Labute approximate surface area is 157 Å². The van der Waals surface area contributed by atoms with E-state index in [-0.39, 0.29) is 23.5 Å². The highest BCUT2D eigenvalue weighted by molar-refractivity contribution is 7.89. The highest BCUT2D eigenvalue weighted by Crippen LogP contribution is 2.15. The quantitative estimate of drug-likeness (QED) is 0.671. The molecule has 3 rings (SSSR count). The second-order valence-electron chi connectivity index (χ2n) is 5.72. The molecule has 0 spiro atoms. The number of sulfonamides is 1. The molecule has 140 valence electrons. The number of aromatic nitrogens is 2. The third-order valence-corrected chi connectivity index (χ3v) is 5.40. The van der Waals surface area contributed by atoms with Gasteiger partial charge < -0.3 is 4.74 Å². The highest BCUT2D eigenvalue weighted by Gasteiger charge is 2.13. The van der Waals surface area contributed by atoms with Crippen molar-refractivity contribution in [3.63, 3.8) is 0 Å². The number of hydrogen-bond acceptors (Lipinski definition) is 5. The molecule has 2 aromatic carbocycles. The van der Waals surface area contributed by atoms with Gasteiger partial charge in [-0.05, 0) is 30.3 Å². The standard InChI is InChI=1S/C19H19N3O4S/c1-26-16-7-9-17(10-8-16)27(24,25)20-13-14-22-19(23)12-11-18(21-22)15-5-3-2-4-6-15/h2-12,20H,13-14H2,1H3. The predicted molar refractivity (Wildman–Crippen MR) is 102 cm³/mol. The Morgan fingerprint density at radius 3 is 2.37 bits per heavy atom. The minimum Gasteiger partial charge on any atom is -0.497 e. The van der Waals surface area contributed by atoms with Crippen LogP contribution in [0.2, 0.25) is 0 Å². The lowest BCUT2D eigenvalue weighted by Gasteiger charge is -2.09. The summed E-state index contributed by atoms with van der Waals surface area (Å²) < 4.78 is 33.4. The molecule has 0 amide bonds.